The van der Waals surface area contributed by atoms with Gasteiger partial charge in [-0.05, 0) is 43.4 Å². The molecule has 0 heterocycles. The maximum Gasteiger partial charge on any atom is 0.472 e. The van der Waals surface area contributed by atoms with Gasteiger partial charge in [-0.1, -0.05) is 331 Å². The van der Waals surface area contributed by atoms with Crippen molar-refractivity contribution >= 4 is 39.5 Å². The van der Waals surface area contributed by atoms with E-state index < -0.39 is 97.5 Å². The Morgan fingerprint density at radius 2 is 0.543 bits per heavy atom. The second-order valence-electron chi connectivity index (χ2n) is 28.0. The van der Waals surface area contributed by atoms with Crippen molar-refractivity contribution < 1.29 is 80.2 Å². The summed E-state index contributed by atoms with van der Waals surface area (Å²) in [5.41, 5.74) is 0. The molecule has 0 aromatic rings. The Bertz CT molecular complexity index is 1840. The van der Waals surface area contributed by atoms with Crippen molar-refractivity contribution in [3.63, 3.8) is 0 Å². The topological polar surface area (TPSA) is 237 Å². The first-order chi connectivity index (χ1) is 45.3. The van der Waals surface area contributed by atoms with Gasteiger partial charge in [0.25, 0.3) is 0 Å². The fourth-order valence-corrected chi connectivity index (χ4v) is 12.9. The van der Waals surface area contributed by atoms with E-state index in [0.29, 0.717) is 25.7 Å². The second kappa shape index (κ2) is 65.7. The molecule has 7 atom stereocenters. The lowest BCUT2D eigenvalue weighted by molar-refractivity contribution is -0.161. The third-order valence-electron chi connectivity index (χ3n) is 18.1. The zero-order chi connectivity index (χ0) is 69.4. The molecule has 17 nitrogen and oxygen atoms in total. The molecular weight excluding hydrogens is 1230 g/mol. The molecule has 0 aliphatic heterocycles. The fourth-order valence-electron chi connectivity index (χ4n) is 11.4. The number of hydrogen-bond acceptors (Lipinski definition) is 15. The minimum absolute atomic E-state index is 0.104. The predicted octanol–water partition coefficient (Wildman–Crippen LogP) is 21.8. The molecule has 3 N–H and O–H groups in total. The van der Waals surface area contributed by atoms with E-state index in [-0.39, 0.29) is 25.7 Å². The zero-order valence-corrected chi connectivity index (χ0v) is 63.2. The number of rotatable bonds is 73. The van der Waals surface area contributed by atoms with Gasteiger partial charge in [0.05, 0.1) is 26.4 Å². The zero-order valence-electron chi connectivity index (χ0n) is 61.4. The summed E-state index contributed by atoms with van der Waals surface area (Å²) in [5.74, 6) is 0.199. The van der Waals surface area contributed by atoms with Gasteiger partial charge in [0.1, 0.15) is 19.3 Å². The van der Waals surface area contributed by atoms with Crippen LogP contribution in [-0.4, -0.2) is 96.7 Å². The lowest BCUT2D eigenvalue weighted by Gasteiger charge is -2.21. The summed E-state index contributed by atoms with van der Waals surface area (Å²) in [5, 5.41) is 10.6. The summed E-state index contributed by atoms with van der Waals surface area (Å²) >= 11 is 0. The fraction of sp³-hybridized carbons (Fsp3) is 0.947. The molecule has 19 heteroatoms. The molecule has 0 radical (unpaired) electrons. The van der Waals surface area contributed by atoms with Crippen LogP contribution in [0.4, 0.5) is 0 Å². The first-order valence-electron chi connectivity index (χ1n) is 38.9. The quantitative estimate of drug-likeness (QED) is 0.0222. The number of hydrogen-bond donors (Lipinski definition) is 3. The van der Waals surface area contributed by atoms with Crippen LogP contribution in [0.15, 0.2) is 0 Å². The maximum atomic E-state index is 13.1. The standard InChI is InChI=1S/C75H146O17P2/c1-8-11-12-13-14-15-16-17-18-19-20-23-27-37-44-51-58-74(79)91-70(62-85-72(77)56-49-42-35-26-24-21-22-25-32-39-46-53-66(4)5)64-89-93(81,82)87-60-69(76)61-88-94(83,84)90-65-71(92-75(80)59-52-45-38-31-29-34-41-48-55-68(7)10-3)63-86-73(78)57-50-43-36-30-28-33-40-47-54-67(6)9-2/h66-71,76H,8-65H2,1-7H3,(H,81,82)(H,83,84)/t67?,68?,69-,70-,71-/m1/s1. The molecule has 0 aliphatic carbocycles. The van der Waals surface area contributed by atoms with Crippen molar-refractivity contribution in [3.8, 4) is 0 Å². The van der Waals surface area contributed by atoms with E-state index in [9.17, 15) is 43.2 Å². The van der Waals surface area contributed by atoms with Crippen molar-refractivity contribution in [2.75, 3.05) is 39.6 Å². The van der Waals surface area contributed by atoms with Gasteiger partial charge < -0.3 is 33.8 Å². The second-order valence-corrected chi connectivity index (χ2v) is 30.9. The van der Waals surface area contributed by atoms with Crippen molar-refractivity contribution in [3.05, 3.63) is 0 Å². The Labute approximate surface area is 575 Å². The van der Waals surface area contributed by atoms with Crippen LogP contribution in [-0.2, 0) is 65.4 Å². The van der Waals surface area contributed by atoms with Crippen LogP contribution in [0.5, 0.6) is 0 Å². The van der Waals surface area contributed by atoms with Crippen molar-refractivity contribution in [1.29, 1.82) is 0 Å². The number of esters is 4. The number of phosphoric acid groups is 2. The molecule has 0 spiro atoms. The van der Waals surface area contributed by atoms with E-state index in [4.69, 9.17) is 37.0 Å². The summed E-state index contributed by atoms with van der Waals surface area (Å²) in [6, 6.07) is 0. The van der Waals surface area contributed by atoms with Crippen molar-refractivity contribution in [1.82, 2.24) is 0 Å². The van der Waals surface area contributed by atoms with Crippen LogP contribution < -0.4 is 0 Å². The maximum absolute atomic E-state index is 13.1. The van der Waals surface area contributed by atoms with Gasteiger partial charge >= 0.3 is 39.5 Å². The SMILES string of the molecule is CCCCCCCCCCCCCCCCCCC(=O)O[C@H](COC(=O)CCCCCCCCCCCCCC(C)C)COP(=O)(O)OC[C@@H](O)COP(=O)(O)OC[C@@H](COC(=O)CCCCCCCCCCC(C)CC)OC(=O)CCCCCCCCCCC(C)CC. The highest BCUT2D eigenvalue weighted by molar-refractivity contribution is 7.47. The van der Waals surface area contributed by atoms with Gasteiger partial charge in [-0.3, -0.25) is 37.3 Å². The highest BCUT2D eigenvalue weighted by atomic mass is 31.2. The molecule has 0 saturated heterocycles. The molecule has 0 aromatic heterocycles. The largest absolute Gasteiger partial charge is 0.472 e. The molecule has 0 fully saturated rings. The van der Waals surface area contributed by atoms with E-state index in [1.54, 1.807) is 0 Å². The van der Waals surface area contributed by atoms with E-state index >= 15 is 0 Å². The minimum atomic E-state index is -4.96. The highest BCUT2D eigenvalue weighted by Gasteiger charge is 2.30. The molecule has 94 heavy (non-hydrogen) atoms. The minimum Gasteiger partial charge on any atom is -0.462 e. The molecule has 4 unspecified atom stereocenters. The first kappa shape index (κ1) is 92.1. The molecular formula is C75H146O17P2. The lowest BCUT2D eigenvalue weighted by Crippen LogP contribution is -2.30. The summed E-state index contributed by atoms with van der Waals surface area (Å²) in [7, 11) is -9.91. The van der Waals surface area contributed by atoms with E-state index in [1.807, 2.05) is 0 Å². The van der Waals surface area contributed by atoms with Crippen LogP contribution in [0.1, 0.15) is 382 Å². The van der Waals surface area contributed by atoms with Gasteiger partial charge in [-0.2, -0.15) is 0 Å². The number of unbranched alkanes of at least 4 members (excludes halogenated alkanes) is 39. The van der Waals surface area contributed by atoms with Crippen LogP contribution in [0, 0.1) is 17.8 Å². The first-order valence-corrected chi connectivity index (χ1v) is 41.9. The van der Waals surface area contributed by atoms with Gasteiger partial charge in [-0.15, -0.1) is 0 Å². The van der Waals surface area contributed by atoms with Crippen molar-refractivity contribution in [2.24, 2.45) is 17.8 Å². The Morgan fingerprint density at radius 1 is 0.309 bits per heavy atom. The molecule has 0 rings (SSSR count). The lowest BCUT2D eigenvalue weighted by atomic mass is 9.99. The molecule has 0 saturated carbocycles. The number of phosphoric ester groups is 2. The Morgan fingerprint density at radius 3 is 0.809 bits per heavy atom. The molecule has 558 valence electrons. The number of aliphatic hydroxyl groups is 1. The third kappa shape index (κ3) is 66.0. The number of aliphatic hydroxyl groups excluding tert-OH is 1. The summed E-state index contributed by atoms with van der Waals surface area (Å²) in [6.45, 7) is 11.9. The Balaban J connectivity index is 5.27. The van der Waals surface area contributed by atoms with Gasteiger partial charge in [0.2, 0.25) is 0 Å². The molecule has 0 aromatic carbocycles. The van der Waals surface area contributed by atoms with Gasteiger partial charge in [0.15, 0.2) is 12.2 Å². The third-order valence-corrected chi connectivity index (χ3v) is 20.0. The average Bonchev–Trinajstić information content (AvgIpc) is 1.56. The number of ether oxygens (including phenoxy) is 4. The summed E-state index contributed by atoms with van der Waals surface area (Å²) in [4.78, 5) is 72.8. The molecule has 0 bridgehead atoms. The van der Waals surface area contributed by atoms with Gasteiger partial charge in [0, 0.05) is 25.7 Å². The van der Waals surface area contributed by atoms with Crippen LogP contribution in [0.25, 0.3) is 0 Å². The Hall–Kier alpha value is -1.94. The monoisotopic (exact) mass is 1380 g/mol. The van der Waals surface area contributed by atoms with Crippen LogP contribution >= 0.6 is 15.6 Å². The van der Waals surface area contributed by atoms with E-state index in [2.05, 4.69) is 48.5 Å². The highest BCUT2D eigenvalue weighted by Crippen LogP contribution is 2.45. The number of carbonyl (C=O) groups excluding carboxylic acids is 4. The predicted molar refractivity (Wildman–Crippen MR) is 381 cm³/mol. The molecule has 0 amide bonds. The van der Waals surface area contributed by atoms with Crippen LogP contribution in [0.3, 0.4) is 0 Å². The molecule has 0 aliphatic rings. The van der Waals surface area contributed by atoms with E-state index in [1.165, 1.54) is 193 Å². The summed E-state index contributed by atoms with van der Waals surface area (Å²) < 4.78 is 68.5. The Kier molecular flexibility index (Phi) is 64.3. The van der Waals surface area contributed by atoms with Crippen LogP contribution in [0.2, 0.25) is 0 Å². The smallest absolute Gasteiger partial charge is 0.462 e. The van der Waals surface area contributed by atoms with Gasteiger partial charge in [-0.25, -0.2) is 9.13 Å². The average molecular weight is 1380 g/mol. The normalized spacial score (nSPS) is 14.7. The number of carbonyl (C=O) groups is 4. The van der Waals surface area contributed by atoms with E-state index in [0.717, 1.165) is 108 Å². The summed E-state index contributed by atoms with van der Waals surface area (Å²) in [6.07, 6.45) is 51.1. The van der Waals surface area contributed by atoms with Crippen molar-refractivity contribution in [2.45, 2.75) is 401 Å².